The molecule has 0 aliphatic heterocycles. The summed E-state index contributed by atoms with van der Waals surface area (Å²) in [6.07, 6.45) is -1.16. The van der Waals surface area contributed by atoms with Gasteiger partial charge in [-0.05, 0) is 12.3 Å². The van der Waals surface area contributed by atoms with Crippen molar-refractivity contribution in [1.29, 1.82) is 0 Å². The maximum Gasteiger partial charge on any atom is 0.490 e. The summed E-state index contributed by atoms with van der Waals surface area (Å²) >= 11 is 0. The molecular formula is C11H18F3NO4. The molecule has 0 fully saturated rings. The monoisotopic (exact) mass is 285 g/mol. The first-order valence-electron chi connectivity index (χ1n) is 5.32. The Kier molecular flexibility index (Phi) is 9.75. The van der Waals surface area contributed by atoms with E-state index in [0.717, 1.165) is 6.42 Å². The van der Waals surface area contributed by atoms with Crippen LogP contribution in [0.5, 0.6) is 0 Å². The van der Waals surface area contributed by atoms with Crippen LogP contribution in [0.15, 0.2) is 12.2 Å². The van der Waals surface area contributed by atoms with Crippen molar-refractivity contribution in [2.24, 2.45) is 11.7 Å². The van der Waals surface area contributed by atoms with Crippen LogP contribution in [0.3, 0.4) is 0 Å². The van der Waals surface area contributed by atoms with Crippen molar-refractivity contribution in [3.63, 3.8) is 0 Å². The van der Waals surface area contributed by atoms with Crippen LogP contribution in [0.1, 0.15) is 20.3 Å². The van der Waals surface area contributed by atoms with Crippen molar-refractivity contribution >= 4 is 11.9 Å². The molecule has 0 aliphatic rings. The van der Waals surface area contributed by atoms with Gasteiger partial charge >= 0.3 is 18.1 Å². The summed E-state index contributed by atoms with van der Waals surface area (Å²) in [4.78, 5) is 19.5. The van der Waals surface area contributed by atoms with Crippen LogP contribution in [0.25, 0.3) is 0 Å². The van der Waals surface area contributed by atoms with Gasteiger partial charge < -0.3 is 15.6 Å². The van der Waals surface area contributed by atoms with Gasteiger partial charge in [0.15, 0.2) is 0 Å². The maximum absolute atomic E-state index is 10.6. The van der Waals surface area contributed by atoms with Crippen LogP contribution < -0.4 is 5.73 Å². The Morgan fingerprint density at radius 3 is 2.05 bits per heavy atom. The van der Waals surface area contributed by atoms with E-state index in [0.29, 0.717) is 5.92 Å². The first-order valence-corrected chi connectivity index (χ1v) is 5.32. The molecule has 0 aliphatic carbocycles. The second-order valence-corrected chi connectivity index (χ2v) is 3.98. The lowest BCUT2D eigenvalue weighted by Gasteiger charge is -2.08. The molecule has 0 rings (SSSR count). The summed E-state index contributed by atoms with van der Waals surface area (Å²) in [5, 5.41) is 7.12. The van der Waals surface area contributed by atoms with E-state index in [1.807, 2.05) is 0 Å². The quantitative estimate of drug-likeness (QED) is 0.606. The number of aliphatic carboxylic acids is 1. The smallest absolute Gasteiger partial charge is 0.475 e. The summed E-state index contributed by atoms with van der Waals surface area (Å²) in [5.74, 6) is -2.57. The van der Waals surface area contributed by atoms with Gasteiger partial charge in [-0.1, -0.05) is 19.9 Å². The Bertz CT molecular complexity index is 314. The zero-order valence-corrected chi connectivity index (χ0v) is 10.9. The number of ether oxygens (including phenoxy) is 1. The standard InChI is InChI=1S/C9H17NO2.C2HF3O2/c1-7(2)6-8(10)4-5-9(11)12-3;3-2(4,5)1(6)7/h4-5,7-8H,6,10H2,1-3H3;(H,6,7)/b5-4+;/t8-;/m1./s1. The van der Waals surface area contributed by atoms with Crippen LogP contribution >= 0.6 is 0 Å². The molecule has 0 heterocycles. The van der Waals surface area contributed by atoms with Crippen LogP contribution in [-0.2, 0) is 14.3 Å². The number of hydrogen-bond donors (Lipinski definition) is 2. The average molecular weight is 285 g/mol. The number of rotatable bonds is 4. The highest BCUT2D eigenvalue weighted by Gasteiger charge is 2.38. The summed E-state index contributed by atoms with van der Waals surface area (Å²) in [6, 6.07) is -0.0518. The number of esters is 1. The molecule has 8 heteroatoms. The van der Waals surface area contributed by atoms with Gasteiger partial charge in [0.2, 0.25) is 0 Å². The molecule has 0 spiro atoms. The largest absolute Gasteiger partial charge is 0.490 e. The SMILES string of the molecule is COC(=O)/C=C/[C@@H](N)CC(C)C.O=C(O)C(F)(F)F. The maximum atomic E-state index is 10.6. The number of carbonyl (C=O) groups is 2. The van der Waals surface area contributed by atoms with E-state index in [9.17, 15) is 18.0 Å². The lowest BCUT2D eigenvalue weighted by atomic mass is 10.0. The molecule has 0 saturated heterocycles. The number of halogens is 3. The number of hydrogen-bond acceptors (Lipinski definition) is 4. The minimum Gasteiger partial charge on any atom is -0.475 e. The summed E-state index contributed by atoms with van der Waals surface area (Å²) in [5.41, 5.74) is 5.68. The van der Waals surface area contributed by atoms with E-state index in [4.69, 9.17) is 15.6 Å². The molecule has 1 atom stereocenters. The lowest BCUT2D eigenvalue weighted by molar-refractivity contribution is -0.192. The molecule has 5 nitrogen and oxygen atoms in total. The molecule has 112 valence electrons. The Balaban J connectivity index is 0. The molecule has 0 radical (unpaired) electrons. The number of carboxylic acid groups (broad SMARTS) is 1. The third-order valence-corrected chi connectivity index (χ3v) is 1.67. The third-order valence-electron chi connectivity index (χ3n) is 1.67. The fraction of sp³-hybridized carbons (Fsp3) is 0.636. The summed E-state index contributed by atoms with van der Waals surface area (Å²) in [6.45, 7) is 4.18. The normalized spacial score (nSPS) is 12.8. The Labute approximate surface area is 109 Å². The molecule has 0 aromatic heterocycles. The van der Waals surface area contributed by atoms with Crippen molar-refractivity contribution in [2.45, 2.75) is 32.5 Å². The van der Waals surface area contributed by atoms with Gasteiger partial charge in [0.05, 0.1) is 7.11 Å². The molecular weight excluding hydrogens is 267 g/mol. The van der Waals surface area contributed by atoms with Crippen molar-refractivity contribution in [1.82, 2.24) is 0 Å². The molecule has 0 amide bonds. The number of alkyl halides is 3. The van der Waals surface area contributed by atoms with E-state index in [1.54, 1.807) is 6.08 Å². The fourth-order valence-electron chi connectivity index (χ4n) is 0.893. The van der Waals surface area contributed by atoms with E-state index >= 15 is 0 Å². The van der Waals surface area contributed by atoms with E-state index in [2.05, 4.69) is 18.6 Å². The van der Waals surface area contributed by atoms with Crippen molar-refractivity contribution < 1.29 is 32.6 Å². The van der Waals surface area contributed by atoms with Crippen molar-refractivity contribution in [2.75, 3.05) is 7.11 Å². The zero-order chi connectivity index (χ0) is 15.6. The van der Waals surface area contributed by atoms with Crippen LogP contribution in [-0.4, -0.2) is 36.4 Å². The van der Waals surface area contributed by atoms with Crippen molar-refractivity contribution in [3.8, 4) is 0 Å². The minimum atomic E-state index is -5.08. The molecule has 0 aromatic carbocycles. The molecule has 3 N–H and O–H groups in total. The van der Waals surface area contributed by atoms with Crippen molar-refractivity contribution in [3.05, 3.63) is 12.2 Å². The van der Waals surface area contributed by atoms with E-state index < -0.39 is 12.1 Å². The number of carboxylic acids is 1. The average Bonchev–Trinajstić information content (AvgIpc) is 2.24. The summed E-state index contributed by atoms with van der Waals surface area (Å²) in [7, 11) is 1.35. The van der Waals surface area contributed by atoms with Gasteiger partial charge in [0.1, 0.15) is 0 Å². The zero-order valence-electron chi connectivity index (χ0n) is 10.9. The molecule has 19 heavy (non-hydrogen) atoms. The van der Waals surface area contributed by atoms with Crippen LogP contribution in [0, 0.1) is 5.92 Å². The minimum absolute atomic E-state index is 0.0518. The number of nitrogens with two attached hydrogens (primary N) is 1. The van der Waals surface area contributed by atoms with Gasteiger partial charge in [-0.25, -0.2) is 9.59 Å². The summed E-state index contributed by atoms with van der Waals surface area (Å²) < 4.78 is 36.2. The Hall–Kier alpha value is -1.57. The second-order valence-electron chi connectivity index (χ2n) is 3.98. The topological polar surface area (TPSA) is 89.6 Å². The van der Waals surface area contributed by atoms with E-state index in [1.165, 1.54) is 13.2 Å². The predicted molar refractivity (Wildman–Crippen MR) is 62.3 cm³/mol. The Morgan fingerprint density at radius 1 is 1.37 bits per heavy atom. The first kappa shape index (κ1) is 19.8. The molecule has 0 aromatic rings. The molecule has 0 bridgehead atoms. The molecule has 0 unspecified atom stereocenters. The highest BCUT2D eigenvalue weighted by atomic mass is 19.4. The van der Waals surface area contributed by atoms with E-state index in [-0.39, 0.29) is 12.0 Å². The van der Waals surface area contributed by atoms with Gasteiger partial charge in [-0.3, -0.25) is 0 Å². The highest BCUT2D eigenvalue weighted by molar-refractivity contribution is 5.81. The predicted octanol–water partition coefficient (Wildman–Crippen LogP) is 1.72. The van der Waals surface area contributed by atoms with Crippen LogP contribution in [0.2, 0.25) is 0 Å². The molecule has 0 saturated carbocycles. The van der Waals surface area contributed by atoms with Gasteiger partial charge in [-0.15, -0.1) is 0 Å². The highest BCUT2D eigenvalue weighted by Crippen LogP contribution is 2.13. The Morgan fingerprint density at radius 2 is 1.79 bits per heavy atom. The fourth-order valence-corrected chi connectivity index (χ4v) is 0.893. The van der Waals surface area contributed by atoms with Gasteiger partial charge in [0, 0.05) is 12.1 Å². The van der Waals surface area contributed by atoms with Gasteiger partial charge in [0.25, 0.3) is 0 Å². The van der Waals surface area contributed by atoms with Crippen LogP contribution in [0.4, 0.5) is 13.2 Å². The first-order chi connectivity index (χ1) is 8.50. The number of carbonyl (C=O) groups excluding carboxylic acids is 1. The third kappa shape index (κ3) is 14.4. The number of methoxy groups -OCH3 is 1. The second kappa shape index (κ2) is 9.37. The van der Waals surface area contributed by atoms with Gasteiger partial charge in [-0.2, -0.15) is 13.2 Å². The lowest BCUT2D eigenvalue weighted by Crippen LogP contribution is -2.21.